The Morgan fingerprint density at radius 1 is 0.707 bits per heavy atom. The molecule has 0 aromatic heterocycles. The summed E-state index contributed by atoms with van der Waals surface area (Å²) in [5.41, 5.74) is 3.96. The highest BCUT2D eigenvalue weighted by Crippen LogP contribution is 2.37. The van der Waals surface area contributed by atoms with Gasteiger partial charge in [-0.15, -0.1) is 6.58 Å². The molecule has 1 aliphatic rings. The van der Waals surface area contributed by atoms with E-state index in [9.17, 15) is 4.79 Å². The lowest BCUT2D eigenvalue weighted by molar-refractivity contribution is -0.283. The summed E-state index contributed by atoms with van der Waals surface area (Å²) in [6.07, 6.45) is -3.74. The van der Waals surface area contributed by atoms with Crippen molar-refractivity contribution in [3.05, 3.63) is 156 Å². The first-order chi connectivity index (χ1) is 27.9. The fourth-order valence-electron chi connectivity index (χ4n) is 6.40. The fourth-order valence-corrected chi connectivity index (χ4v) is 7.70. The van der Waals surface area contributed by atoms with Crippen LogP contribution in [-0.4, -0.2) is 63.6 Å². The molecule has 58 heavy (non-hydrogen) atoms. The van der Waals surface area contributed by atoms with Gasteiger partial charge in [0.15, 0.2) is 14.4 Å². The van der Waals surface area contributed by atoms with E-state index in [0.29, 0.717) is 13.2 Å². The standard InChI is InChI=1S/C49H60O8Si/c1-8-21-44(50)55-42(31-30-37(2)57-58(6,7)49(3,4)5)46-48(54-35-41-28-19-12-20-29-41)47(53-34-40-26-17-11-18-27-40)45(52-33-39-24-15-10-16-25-39)43(56-46)36-51-32-38-22-13-9-14-23-38/h8-20,22-29,37,42-43,45-48H,1,21,32-36H2,2-7H3/t37-,42-,43-,45-,46+,47+,48+/m1/s1. The third kappa shape index (κ3) is 13.6. The summed E-state index contributed by atoms with van der Waals surface area (Å²) in [6.45, 7) is 18.0. The third-order valence-corrected chi connectivity index (χ3v) is 15.0. The first-order valence-corrected chi connectivity index (χ1v) is 23.1. The number of esters is 1. The Balaban J connectivity index is 1.58. The highest BCUT2D eigenvalue weighted by Gasteiger charge is 2.51. The minimum Gasteiger partial charge on any atom is -0.446 e. The number of benzene rings is 4. The molecule has 1 saturated heterocycles. The largest absolute Gasteiger partial charge is 0.446 e. The van der Waals surface area contributed by atoms with Crippen LogP contribution in [0.3, 0.4) is 0 Å². The fraction of sp³-hybridized carbons (Fsp3) is 0.408. The molecule has 8 nitrogen and oxygen atoms in total. The van der Waals surface area contributed by atoms with Crippen molar-refractivity contribution in [1.82, 2.24) is 0 Å². The van der Waals surface area contributed by atoms with Crippen molar-refractivity contribution >= 4 is 14.3 Å². The van der Waals surface area contributed by atoms with Crippen LogP contribution in [-0.2, 0) is 64.1 Å². The number of carbonyl (C=O) groups is 1. The normalized spacial score (nSPS) is 20.6. The summed E-state index contributed by atoms with van der Waals surface area (Å²) in [7, 11) is -2.17. The van der Waals surface area contributed by atoms with E-state index in [1.54, 1.807) is 0 Å². The monoisotopic (exact) mass is 804 g/mol. The third-order valence-electron chi connectivity index (χ3n) is 10.5. The second-order valence-corrected chi connectivity index (χ2v) is 20.9. The maximum absolute atomic E-state index is 13.4. The Kier molecular flexibility index (Phi) is 17.1. The van der Waals surface area contributed by atoms with E-state index in [2.05, 4.69) is 52.3 Å². The van der Waals surface area contributed by atoms with E-state index in [1.165, 1.54) is 6.08 Å². The molecule has 0 spiro atoms. The maximum Gasteiger partial charge on any atom is 0.310 e. The van der Waals surface area contributed by atoms with Crippen molar-refractivity contribution in [2.45, 2.75) is 121 Å². The van der Waals surface area contributed by atoms with Crippen molar-refractivity contribution in [3.8, 4) is 11.8 Å². The Labute approximate surface area is 346 Å². The molecule has 4 aromatic carbocycles. The van der Waals surface area contributed by atoms with Gasteiger partial charge in [0, 0.05) is 0 Å². The average Bonchev–Trinajstić information content (AvgIpc) is 3.21. The highest BCUT2D eigenvalue weighted by atomic mass is 28.4. The minimum absolute atomic E-state index is 0.00315. The first kappa shape index (κ1) is 44.7. The van der Waals surface area contributed by atoms with Crippen molar-refractivity contribution in [2.75, 3.05) is 6.61 Å². The van der Waals surface area contributed by atoms with Gasteiger partial charge < -0.3 is 32.8 Å². The predicted molar refractivity (Wildman–Crippen MR) is 230 cm³/mol. The molecular formula is C49H60O8Si. The van der Waals surface area contributed by atoms with Crippen LogP contribution in [0.15, 0.2) is 134 Å². The second kappa shape index (κ2) is 22.1. The zero-order valence-corrected chi connectivity index (χ0v) is 35.9. The summed E-state index contributed by atoms with van der Waals surface area (Å²) < 4.78 is 46.8. The predicted octanol–water partition coefficient (Wildman–Crippen LogP) is 9.63. The molecule has 1 fully saturated rings. The molecule has 4 aromatic rings. The van der Waals surface area contributed by atoms with Gasteiger partial charge >= 0.3 is 5.97 Å². The lowest BCUT2D eigenvalue weighted by atomic mass is 9.91. The Morgan fingerprint density at radius 2 is 1.16 bits per heavy atom. The van der Waals surface area contributed by atoms with E-state index in [0.717, 1.165) is 22.3 Å². The summed E-state index contributed by atoms with van der Waals surface area (Å²) >= 11 is 0. The smallest absolute Gasteiger partial charge is 0.310 e. The summed E-state index contributed by atoms with van der Waals surface area (Å²) in [5, 5.41) is -0.0212. The lowest BCUT2D eigenvalue weighted by Crippen LogP contribution is -2.64. The van der Waals surface area contributed by atoms with Gasteiger partial charge in [-0.3, -0.25) is 4.79 Å². The number of rotatable bonds is 19. The number of hydrogen-bond donors (Lipinski definition) is 0. The molecular weight excluding hydrogens is 745 g/mol. The van der Waals surface area contributed by atoms with Crippen LogP contribution in [0.2, 0.25) is 18.1 Å². The highest BCUT2D eigenvalue weighted by molar-refractivity contribution is 6.74. The molecule has 5 rings (SSSR count). The Morgan fingerprint density at radius 3 is 1.62 bits per heavy atom. The summed E-state index contributed by atoms with van der Waals surface area (Å²) in [4.78, 5) is 13.4. The SMILES string of the molecule is C=CCC(=O)O[C@H](C#C[C@@H](C)O[Si](C)(C)C(C)(C)C)[C@@H]1O[C@H](COCc2ccccc2)[C@@H](OCc2ccccc2)[C@H](OCc2ccccc2)[C@H]1OCc1ccccc1. The van der Waals surface area contributed by atoms with E-state index in [1.807, 2.05) is 128 Å². The van der Waals surface area contributed by atoms with Crippen LogP contribution in [0, 0.1) is 11.8 Å². The zero-order valence-electron chi connectivity index (χ0n) is 34.9. The molecule has 0 radical (unpaired) electrons. The molecule has 308 valence electrons. The summed E-state index contributed by atoms with van der Waals surface area (Å²) in [6, 6.07) is 39.9. The van der Waals surface area contributed by atoms with E-state index in [4.69, 9.17) is 32.8 Å². The van der Waals surface area contributed by atoms with Crippen LogP contribution >= 0.6 is 0 Å². The molecule has 9 heteroatoms. The quantitative estimate of drug-likeness (QED) is 0.0402. The van der Waals surface area contributed by atoms with E-state index in [-0.39, 0.29) is 31.3 Å². The Hall–Kier alpha value is -4.37. The van der Waals surface area contributed by atoms with Crippen molar-refractivity contribution < 1.29 is 37.6 Å². The van der Waals surface area contributed by atoms with Crippen molar-refractivity contribution in [3.63, 3.8) is 0 Å². The molecule has 0 N–H and O–H groups in total. The van der Waals surface area contributed by atoms with Gasteiger partial charge in [-0.2, -0.15) is 0 Å². The van der Waals surface area contributed by atoms with Crippen LogP contribution in [0.5, 0.6) is 0 Å². The number of carbonyl (C=O) groups excluding carboxylic acids is 1. The van der Waals surface area contributed by atoms with Crippen LogP contribution in [0.4, 0.5) is 0 Å². The number of hydrogen-bond acceptors (Lipinski definition) is 8. The topological polar surface area (TPSA) is 81.7 Å². The van der Waals surface area contributed by atoms with Crippen LogP contribution < -0.4 is 0 Å². The lowest BCUT2D eigenvalue weighted by Gasteiger charge is -2.47. The van der Waals surface area contributed by atoms with Gasteiger partial charge in [-0.25, -0.2) is 0 Å². The molecule has 0 aliphatic carbocycles. The average molecular weight is 805 g/mol. The van der Waals surface area contributed by atoms with Gasteiger partial charge in [0.25, 0.3) is 0 Å². The van der Waals surface area contributed by atoms with Gasteiger partial charge in [0.1, 0.15) is 36.6 Å². The van der Waals surface area contributed by atoms with Crippen molar-refractivity contribution in [1.29, 1.82) is 0 Å². The molecule has 1 aliphatic heterocycles. The van der Waals surface area contributed by atoms with Crippen molar-refractivity contribution in [2.24, 2.45) is 0 Å². The zero-order chi connectivity index (χ0) is 41.4. The molecule has 1 heterocycles. The van der Waals surface area contributed by atoms with E-state index < -0.39 is 57.0 Å². The first-order valence-electron chi connectivity index (χ1n) is 20.2. The molecule has 0 saturated carbocycles. The molecule has 0 bridgehead atoms. The van der Waals surface area contributed by atoms with Gasteiger partial charge in [-0.05, 0) is 47.3 Å². The second-order valence-electron chi connectivity index (χ2n) is 16.1. The summed E-state index contributed by atoms with van der Waals surface area (Å²) in [5.74, 6) is 6.07. The maximum atomic E-state index is 13.4. The van der Waals surface area contributed by atoms with Gasteiger partial charge in [0.2, 0.25) is 0 Å². The molecule has 7 atom stereocenters. The number of ether oxygens (including phenoxy) is 6. The minimum atomic E-state index is -2.17. The Bertz CT molecular complexity index is 1870. The van der Waals surface area contributed by atoms with Gasteiger partial charge in [-0.1, -0.05) is 160 Å². The van der Waals surface area contributed by atoms with Crippen LogP contribution in [0.25, 0.3) is 0 Å². The molecule has 0 unspecified atom stereocenters. The van der Waals surface area contributed by atoms with Crippen LogP contribution in [0.1, 0.15) is 56.4 Å². The van der Waals surface area contributed by atoms with E-state index >= 15 is 0 Å². The van der Waals surface area contributed by atoms with Gasteiger partial charge in [0.05, 0.1) is 39.5 Å². The molecule has 0 amide bonds.